The average molecular weight is 282 g/mol. The summed E-state index contributed by atoms with van der Waals surface area (Å²) < 4.78 is 0. The number of carbonyl (C=O) groups excluding carboxylic acids is 2. The average Bonchev–Trinajstić information content (AvgIpc) is 2.77. The van der Waals surface area contributed by atoms with Gasteiger partial charge in [-0.05, 0) is 17.5 Å². The third-order valence-electron chi connectivity index (χ3n) is 2.17. The van der Waals surface area contributed by atoms with E-state index in [-0.39, 0.29) is 16.1 Å². The molecule has 0 bridgehead atoms. The Bertz CT molecular complexity index is 612. The maximum atomic E-state index is 11.9. The van der Waals surface area contributed by atoms with E-state index in [9.17, 15) is 9.59 Å². The lowest BCUT2D eigenvalue weighted by Gasteiger charge is -2.05. The van der Waals surface area contributed by atoms with Gasteiger partial charge in [-0.25, -0.2) is 0 Å². The van der Waals surface area contributed by atoms with Crippen LogP contribution in [0.1, 0.15) is 20.7 Å². The monoisotopic (exact) mass is 281 g/mol. The highest BCUT2D eigenvalue weighted by Gasteiger charge is 2.15. The zero-order valence-electron chi connectivity index (χ0n) is 9.01. The van der Waals surface area contributed by atoms with Gasteiger partial charge in [0, 0.05) is 12.4 Å². The number of halogens is 1. The molecule has 0 atom stereocenters. The number of amides is 2. The van der Waals surface area contributed by atoms with E-state index in [0.717, 1.165) is 0 Å². The Balaban J connectivity index is 2.25. The lowest BCUT2D eigenvalue weighted by atomic mass is 10.2. The fourth-order valence-corrected chi connectivity index (χ4v) is 2.32. The maximum Gasteiger partial charge on any atom is 0.257 e. The van der Waals surface area contributed by atoms with Gasteiger partial charge in [0.15, 0.2) is 0 Å². The Morgan fingerprint density at radius 2 is 2.11 bits per heavy atom. The highest BCUT2D eigenvalue weighted by atomic mass is 35.5. The fourth-order valence-electron chi connectivity index (χ4n) is 1.33. The molecule has 2 heterocycles. The van der Waals surface area contributed by atoms with Crippen molar-refractivity contribution in [1.82, 2.24) is 4.98 Å². The molecule has 2 rings (SSSR count). The summed E-state index contributed by atoms with van der Waals surface area (Å²) in [4.78, 5) is 26.8. The molecule has 0 fully saturated rings. The summed E-state index contributed by atoms with van der Waals surface area (Å²) in [6, 6.07) is 3.05. The first-order chi connectivity index (χ1) is 8.59. The number of nitrogens with zero attached hydrogens (tertiary/aromatic N) is 1. The zero-order chi connectivity index (χ0) is 13.1. The molecule has 0 aliphatic heterocycles. The van der Waals surface area contributed by atoms with Gasteiger partial charge >= 0.3 is 0 Å². The molecule has 0 aliphatic carbocycles. The Hall–Kier alpha value is -1.92. The molecule has 0 aromatic carbocycles. The second kappa shape index (κ2) is 5.16. The van der Waals surface area contributed by atoms with E-state index in [1.165, 1.54) is 29.8 Å². The van der Waals surface area contributed by atoms with Crippen molar-refractivity contribution in [1.29, 1.82) is 0 Å². The molecule has 7 heteroatoms. The van der Waals surface area contributed by atoms with Crippen LogP contribution in [0.4, 0.5) is 5.00 Å². The molecule has 5 nitrogen and oxygen atoms in total. The van der Waals surface area contributed by atoms with Crippen LogP contribution in [0.2, 0.25) is 5.02 Å². The molecule has 2 aromatic heterocycles. The van der Waals surface area contributed by atoms with Gasteiger partial charge in [-0.15, -0.1) is 11.3 Å². The van der Waals surface area contributed by atoms with Crippen LogP contribution in [0.25, 0.3) is 0 Å². The van der Waals surface area contributed by atoms with Crippen molar-refractivity contribution < 1.29 is 9.59 Å². The highest BCUT2D eigenvalue weighted by Crippen LogP contribution is 2.24. The number of nitrogens with one attached hydrogen (secondary N) is 1. The van der Waals surface area contributed by atoms with Crippen molar-refractivity contribution in [2.45, 2.75) is 0 Å². The van der Waals surface area contributed by atoms with Crippen LogP contribution < -0.4 is 11.1 Å². The van der Waals surface area contributed by atoms with Crippen LogP contribution in [0, 0.1) is 0 Å². The molecule has 3 N–H and O–H groups in total. The minimum Gasteiger partial charge on any atom is -0.366 e. The summed E-state index contributed by atoms with van der Waals surface area (Å²) in [6.45, 7) is 0. The van der Waals surface area contributed by atoms with E-state index in [0.29, 0.717) is 5.00 Å². The van der Waals surface area contributed by atoms with Gasteiger partial charge < -0.3 is 11.1 Å². The minimum absolute atomic E-state index is 0.243. The molecule has 2 aromatic rings. The topological polar surface area (TPSA) is 85.1 Å². The summed E-state index contributed by atoms with van der Waals surface area (Å²) in [5, 5.41) is 4.91. The Labute approximate surface area is 112 Å². The number of hydrogen-bond acceptors (Lipinski definition) is 4. The van der Waals surface area contributed by atoms with Crippen LogP contribution >= 0.6 is 22.9 Å². The quantitative estimate of drug-likeness (QED) is 0.904. The standard InChI is InChI=1S/C11H8ClN3O2S/c12-8-5-14-3-1-6(8)10(17)15-11-7(9(13)16)2-4-18-11/h1-5H,(H2,13,16)(H,15,17). The van der Waals surface area contributed by atoms with Gasteiger partial charge in [-0.3, -0.25) is 14.6 Å². The van der Waals surface area contributed by atoms with Gasteiger partial charge in [0.1, 0.15) is 5.00 Å². The smallest absolute Gasteiger partial charge is 0.257 e. The van der Waals surface area contributed by atoms with Crippen LogP contribution in [-0.4, -0.2) is 16.8 Å². The number of nitrogens with two attached hydrogens (primary N) is 1. The van der Waals surface area contributed by atoms with E-state index in [4.69, 9.17) is 17.3 Å². The van der Waals surface area contributed by atoms with Crippen molar-refractivity contribution >= 4 is 39.8 Å². The second-order valence-corrected chi connectivity index (χ2v) is 4.66. The number of pyridine rings is 1. The van der Waals surface area contributed by atoms with E-state index in [1.807, 2.05) is 0 Å². The Kier molecular flexibility index (Phi) is 3.59. The number of anilines is 1. The summed E-state index contributed by atoms with van der Waals surface area (Å²) in [7, 11) is 0. The van der Waals surface area contributed by atoms with E-state index < -0.39 is 11.8 Å². The molecule has 0 aliphatic rings. The van der Waals surface area contributed by atoms with Crippen LogP contribution in [-0.2, 0) is 0 Å². The van der Waals surface area contributed by atoms with Crippen molar-refractivity contribution in [2.75, 3.05) is 5.32 Å². The molecular weight excluding hydrogens is 274 g/mol. The number of rotatable bonds is 3. The summed E-state index contributed by atoms with van der Waals surface area (Å²) in [5.74, 6) is -1.00. The zero-order valence-corrected chi connectivity index (χ0v) is 10.6. The third-order valence-corrected chi connectivity index (χ3v) is 3.31. The number of aromatic nitrogens is 1. The molecule has 0 spiro atoms. The van der Waals surface area contributed by atoms with Gasteiger partial charge in [0.05, 0.1) is 16.1 Å². The first kappa shape index (κ1) is 12.5. The molecule has 0 saturated carbocycles. The largest absolute Gasteiger partial charge is 0.366 e. The van der Waals surface area contributed by atoms with Gasteiger partial charge in [-0.1, -0.05) is 11.6 Å². The van der Waals surface area contributed by atoms with Crippen LogP contribution in [0.5, 0.6) is 0 Å². The number of primary amides is 1. The summed E-state index contributed by atoms with van der Waals surface area (Å²) >= 11 is 7.07. The highest BCUT2D eigenvalue weighted by molar-refractivity contribution is 7.14. The minimum atomic E-state index is -0.590. The molecule has 2 amide bonds. The molecular formula is C11H8ClN3O2S. The van der Waals surface area contributed by atoms with Crippen molar-refractivity contribution in [3.63, 3.8) is 0 Å². The van der Waals surface area contributed by atoms with E-state index >= 15 is 0 Å². The first-order valence-electron chi connectivity index (χ1n) is 4.87. The van der Waals surface area contributed by atoms with Gasteiger partial charge in [0.2, 0.25) is 0 Å². The summed E-state index contributed by atoms with van der Waals surface area (Å²) in [5.41, 5.74) is 5.75. The van der Waals surface area contributed by atoms with E-state index in [2.05, 4.69) is 10.3 Å². The lowest BCUT2D eigenvalue weighted by molar-refractivity contribution is 0.100. The van der Waals surface area contributed by atoms with Crippen molar-refractivity contribution in [2.24, 2.45) is 5.73 Å². The van der Waals surface area contributed by atoms with Crippen LogP contribution in [0.3, 0.4) is 0 Å². The van der Waals surface area contributed by atoms with Crippen LogP contribution in [0.15, 0.2) is 29.9 Å². The first-order valence-corrected chi connectivity index (χ1v) is 6.13. The fraction of sp³-hybridized carbons (Fsp3) is 0. The predicted molar refractivity (Wildman–Crippen MR) is 70.0 cm³/mol. The van der Waals surface area contributed by atoms with E-state index in [1.54, 1.807) is 11.4 Å². The number of hydrogen-bond donors (Lipinski definition) is 2. The lowest BCUT2D eigenvalue weighted by Crippen LogP contribution is -2.16. The van der Waals surface area contributed by atoms with Crippen molar-refractivity contribution in [3.05, 3.63) is 46.1 Å². The van der Waals surface area contributed by atoms with Gasteiger partial charge in [0.25, 0.3) is 11.8 Å². The van der Waals surface area contributed by atoms with Gasteiger partial charge in [-0.2, -0.15) is 0 Å². The van der Waals surface area contributed by atoms with Crippen molar-refractivity contribution in [3.8, 4) is 0 Å². The maximum absolute atomic E-state index is 11.9. The molecule has 0 radical (unpaired) electrons. The predicted octanol–water partition coefficient (Wildman–Crippen LogP) is 2.15. The molecule has 0 unspecified atom stereocenters. The molecule has 18 heavy (non-hydrogen) atoms. The summed E-state index contributed by atoms with van der Waals surface area (Å²) in [6.07, 6.45) is 2.84. The Morgan fingerprint density at radius 1 is 1.33 bits per heavy atom. The number of thiophene rings is 1. The molecule has 92 valence electrons. The second-order valence-electron chi connectivity index (χ2n) is 3.34. The third kappa shape index (κ3) is 2.49. The molecule has 0 saturated heterocycles. The SMILES string of the molecule is NC(=O)c1ccsc1NC(=O)c1ccncc1Cl. The normalized spacial score (nSPS) is 10.1. The number of carbonyl (C=O) groups is 2. The Morgan fingerprint density at radius 3 is 2.78 bits per heavy atom.